The summed E-state index contributed by atoms with van der Waals surface area (Å²) in [7, 11) is -2.57. The average Bonchev–Trinajstić information content (AvgIpc) is 2.90. The molecule has 0 amide bonds. The Kier molecular flexibility index (Phi) is 4.83. The molecule has 114 valence electrons. The fourth-order valence-electron chi connectivity index (χ4n) is 1.76. The van der Waals surface area contributed by atoms with Crippen molar-refractivity contribution in [3.63, 3.8) is 0 Å². The molecule has 0 fully saturated rings. The van der Waals surface area contributed by atoms with E-state index in [2.05, 4.69) is 8.75 Å². The Morgan fingerprint density at radius 1 is 1.43 bits per heavy atom. The van der Waals surface area contributed by atoms with E-state index in [9.17, 15) is 13.2 Å². The number of fused-ring (bicyclic) bond motifs is 1. The van der Waals surface area contributed by atoms with Crippen LogP contribution in [0.15, 0.2) is 23.1 Å². The number of benzene rings is 1. The summed E-state index contributed by atoms with van der Waals surface area (Å²) >= 11 is 0.903. The highest BCUT2D eigenvalue weighted by atomic mass is 32.2. The van der Waals surface area contributed by atoms with Crippen LogP contribution >= 0.6 is 11.7 Å². The van der Waals surface area contributed by atoms with Crippen molar-refractivity contribution in [3.8, 4) is 0 Å². The molecule has 0 aliphatic carbocycles. The molecule has 1 aromatic heterocycles. The Morgan fingerprint density at radius 2 is 2.19 bits per heavy atom. The van der Waals surface area contributed by atoms with Crippen LogP contribution in [-0.4, -0.2) is 59.4 Å². The minimum atomic E-state index is -3.99. The zero-order valence-electron chi connectivity index (χ0n) is 11.1. The lowest BCUT2D eigenvalue weighted by Crippen LogP contribution is -2.38. The van der Waals surface area contributed by atoms with Crippen molar-refractivity contribution < 1.29 is 23.1 Å². The van der Waals surface area contributed by atoms with Gasteiger partial charge < -0.3 is 9.84 Å². The third-order valence-electron chi connectivity index (χ3n) is 2.72. The third-order valence-corrected chi connectivity index (χ3v) is 5.14. The number of nitrogens with zero attached hydrogens (tertiary/aromatic N) is 3. The van der Waals surface area contributed by atoms with Gasteiger partial charge in [0.15, 0.2) is 0 Å². The summed E-state index contributed by atoms with van der Waals surface area (Å²) in [6.45, 7) is -0.601. The van der Waals surface area contributed by atoms with Gasteiger partial charge in [-0.05, 0) is 12.1 Å². The van der Waals surface area contributed by atoms with Crippen LogP contribution in [0.4, 0.5) is 0 Å². The summed E-state index contributed by atoms with van der Waals surface area (Å²) in [5.41, 5.74) is 0.707. The standard InChI is InChI=1S/C11H13N3O5S2/c1-19-6-5-14(7-10(15)16)21(17,18)9-4-2-3-8-11(9)13-20-12-8/h2-4H,5-7H2,1H3,(H,15,16). The lowest BCUT2D eigenvalue weighted by molar-refractivity contribution is -0.137. The normalized spacial score (nSPS) is 12.1. The van der Waals surface area contributed by atoms with Crippen LogP contribution in [0.1, 0.15) is 0 Å². The summed E-state index contributed by atoms with van der Waals surface area (Å²) in [5, 5.41) is 8.89. The van der Waals surface area contributed by atoms with Gasteiger partial charge in [-0.2, -0.15) is 13.1 Å². The highest BCUT2D eigenvalue weighted by Crippen LogP contribution is 2.24. The van der Waals surface area contributed by atoms with Crippen LogP contribution in [0.2, 0.25) is 0 Å². The van der Waals surface area contributed by atoms with Gasteiger partial charge in [-0.1, -0.05) is 6.07 Å². The summed E-state index contributed by atoms with van der Waals surface area (Å²) in [5.74, 6) is -1.24. The van der Waals surface area contributed by atoms with E-state index in [1.807, 2.05) is 0 Å². The zero-order chi connectivity index (χ0) is 15.5. The number of ether oxygens (including phenoxy) is 1. The Labute approximate surface area is 125 Å². The molecule has 0 unspecified atom stereocenters. The maximum absolute atomic E-state index is 12.6. The Hall–Kier alpha value is -1.62. The maximum Gasteiger partial charge on any atom is 0.318 e. The van der Waals surface area contributed by atoms with Crippen LogP contribution in [0, 0.1) is 0 Å². The molecular weight excluding hydrogens is 318 g/mol. The van der Waals surface area contributed by atoms with Crippen LogP contribution in [0.5, 0.6) is 0 Å². The van der Waals surface area contributed by atoms with Gasteiger partial charge in [-0.3, -0.25) is 4.79 Å². The van der Waals surface area contributed by atoms with E-state index >= 15 is 0 Å². The highest BCUT2D eigenvalue weighted by molar-refractivity contribution is 7.89. The molecule has 1 heterocycles. The molecule has 1 N–H and O–H groups in total. The molecule has 0 aliphatic heterocycles. The average molecular weight is 331 g/mol. The van der Waals surface area contributed by atoms with Crippen molar-refractivity contribution in [2.45, 2.75) is 4.90 Å². The fourth-order valence-corrected chi connectivity index (χ4v) is 3.88. The number of carboxylic acid groups (broad SMARTS) is 1. The molecule has 0 spiro atoms. The second-order valence-electron chi connectivity index (χ2n) is 4.11. The molecule has 10 heteroatoms. The topological polar surface area (TPSA) is 110 Å². The number of aromatic nitrogens is 2. The summed E-state index contributed by atoms with van der Waals surface area (Å²) < 4.78 is 38.9. The summed E-state index contributed by atoms with van der Waals surface area (Å²) in [6.07, 6.45) is 0. The number of aliphatic carboxylic acids is 1. The van der Waals surface area contributed by atoms with E-state index in [0.717, 1.165) is 16.0 Å². The Balaban J connectivity index is 2.46. The first-order valence-electron chi connectivity index (χ1n) is 5.89. The van der Waals surface area contributed by atoms with Gasteiger partial charge in [0.05, 0.1) is 18.3 Å². The van der Waals surface area contributed by atoms with E-state index in [4.69, 9.17) is 9.84 Å². The minimum Gasteiger partial charge on any atom is -0.480 e. The van der Waals surface area contributed by atoms with Crippen molar-refractivity contribution in [2.24, 2.45) is 0 Å². The van der Waals surface area contributed by atoms with E-state index in [-0.39, 0.29) is 23.6 Å². The van der Waals surface area contributed by atoms with Crippen molar-refractivity contribution >= 4 is 38.8 Å². The smallest absolute Gasteiger partial charge is 0.318 e. The molecule has 0 aliphatic rings. The predicted octanol–water partition coefficient (Wildman–Crippen LogP) is 0.413. The van der Waals surface area contributed by atoms with E-state index in [0.29, 0.717) is 5.52 Å². The van der Waals surface area contributed by atoms with Crippen LogP contribution in [0.3, 0.4) is 0 Å². The molecule has 0 saturated carbocycles. The monoisotopic (exact) mass is 331 g/mol. The largest absolute Gasteiger partial charge is 0.480 e. The SMILES string of the molecule is COCCN(CC(=O)O)S(=O)(=O)c1cccc2nsnc12. The van der Waals surface area contributed by atoms with Gasteiger partial charge in [0, 0.05) is 13.7 Å². The first-order chi connectivity index (χ1) is 9.96. The van der Waals surface area contributed by atoms with E-state index < -0.39 is 22.5 Å². The molecule has 0 atom stereocenters. The molecule has 21 heavy (non-hydrogen) atoms. The Bertz CT molecular complexity index is 743. The molecule has 0 bridgehead atoms. The molecule has 0 saturated heterocycles. The van der Waals surface area contributed by atoms with Crippen molar-refractivity contribution in [2.75, 3.05) is 26.8 Å². The lowest BCUT2D eigenvalue weighted by Gasteiger charge is -2.19. The second-order valence-corrected chi connectivity index (χ2v) is 6.55. The minimum absolute atomic E-state index is 0.0499. The number of sulfonamides is 1. The number of rotatable bonds is 7. The van der Waals surface area contributed by atoms with Gasteiger partial charge in [-0.25, -0.2) is 8.42 Å². The van der Waals surface area contributed by atoms with Crippen molar-refractivity contribution in [1.82, 2.24) is 13.1 Å². The highest BCUT2D eigenvalue weighted by Gasteiger charge is 2.29. The second kappa shape index (κ2) is 6.43. The molecule has 8 nitrogen and oxygen atoms in total. The molecule has 2 rings (SSSR count). The van der Waals surface area contributed by atoms with Crippen LogP contribution in [-0.2, 0) is 19.6 Å². The van der Waals surface area contributed by atoms with Gasteiger partial charge in [0.2, 0.25) is 10.0 Å². The third kappa shape index (κ3) is 3.35. The van der Waals surface area contributed by atoms with E-state index in [1.54, 1.807) is 12.1 Å². The molecule has 0 radical (unpaired) electrons. The molecule has 2 aromatic rings. The van der Waals surface area contributed by atoms with Gasteiger partial charge in [-0.15, -0.1) is 0 Å². The number of carboxylic acids is 1. The van der Waals surface area contributed by atoms with E-state index in [1.165, 1.54) is 13.2 Å². The van der Waals surface area contributed by atoms with Crippen molar-refractivity contribution in [1.29, 1.82) is 0 Å². The lowest BCUT2D eigenvalue weighted by atomic mass is 10.3. The van der Waals surface area contributed by atoms with Crippen LogP contribution in [0.25, 0.3) is 11.0 Å². The quantitative estimate of drug-likeness (QED) is 0.782. The number of carbonyl (C=O) groups is 1. The maximum atomic E-state index is 12.6. The first kappa shape index (κ1) is 15.8. The zero-order valence-corrected chi connectivity index (χ0v) is 12.7. The van der Waals surface area contributed by atoms with Crippen LogP contribution < -0.4 is 0 Å². The van der Waals surface area contributed by atoms with Gasteiger partial charge >= 0.3 is 5.97 Å². The number of hydrogen-bond acceptors (Lipinski definition) is 7. The first-order valence-corrected chi connectivity index (χ1v) is 8.06. The van der Waals surface area contributed by atoms with Gasteiger partial charge in [0.25, 0.3) is 0 Å². The summed E-state index contributed by atoms with van der Waals surface area (Å²) in [6, 6.07) is 4.58. The van der Waals surface area contributed by atoms with Crippen molar-refractivity contribution in [3.05, 3.63) is 18.2 Å². The summed E-state index contributed by atoms with van der Waals surface area (Å²) in [4.78, 5) is 10.8. The fraction of sp³-hybridized carbons (Fsp3) is 0.364. The molecule has 1 aromatic carbocycles. The van der Waals surface area contributed by atoms with Gasteiger partial charge in [0.1, 0.15) is 22.5 Å². The number of hydrogen-bond donors (Lipinski definition) is 1. The molecular formula is C11H13N3O5S2. The number of methoxy groups -OCH3 is 1. The predicted molar refractivity (Wildman–Crippen MR) is 75.7 cm³/mol. The Morgan fingerprint density at radius 3 is 2.86 bits per heavy atom.